The average molecular weight is 311 g/mol. The molecule has 1 aromatic carbocycles. The van der Waals surface area contributed by atoms with E-state index in [9.17, 15) is 8.42 Å². The van der Waals surface area contributed by atoms with E-state index < -0.39 is 10.0 Å². The van der Waals surface area contributed by atoms with Crippen molar-refractivity contribution in [3.05, 3.63) is 45.6 Å². The summed E-state index contributed by atoms with van der Waals surface area (Å²) in [6.45, 7) is 3.98. The van der Waals surface area contributed by atoms with E-state index in [1.165, 1.54) is 0 Å². The van der Waals surface area contributed by atoms with Crippen molar-refractivity contribution in [3.8, 4) is 5.75 Å². The van der Waals surface area contributed by atoms with E-state index in [0.29, 0.717) is 6.54 Å². The first-order chi connectivity index (χ1) is 9.44. The SMILES string of the molecule is COc1c(C)cc(S(=O)(=O)NCc2ccsc2)cc1C. The third-order valence-electron chi connectivity index (χ3n) is 2.99. The minimum Gasteiger partial charge on any atom is -0.496 e. The van der Waals surface area contributed by atoms with Gasteiger partial charge in [0.2, 0.25) is 10.0 Å². The number of ether oxygens (including phenoxy) is 1. The molecule has 2 rings (SSSR count). The Balaban J connectivity index is 2.25. The smallest absolute Gasteiger partial charge is 0.240 e. The minimum atomic E-state index is -3.51. The lowest BCUT2D eigenvalue weighted by atomic mass is 10.1. The van der Waals surface area contributed by atoms with Gasteiger partial charge < -0.3 is 4.74 Å². The number of thiophene rings is 1. The zero-order chi connectivity index (χ0) is 14.8. The van der Waals surface area contributed by atoms with Crippen molar-refractivity contribution in [2.24, 2.45) is 0 Å². The summed E-state index contributed by atoms with van der Waals surface area (Å²) in [6.07, 6.45) is 0. The molecule has 0 radical (unpaired) electrons. The predicted molar refractivity (Wildman–Crippen MR) is 80.8 cm³/mol. The molecule has 1 aromatic heterocycles. The minimum absolute atomic E-state index is 0.267. The first-order valence-electron chi connectivity index (χ1n) is 6.10. The number of hydrogen-bond acceptors (Lipinski definition) is 4. The van der Waals surface area contributed by atoms with Crippen molar-refractivity contribution >= 4 is 21.4 Å². The van der Waals surface area contributed by atoms with Gasteiger partial charge in [0.05, 0.1) is 12.0 Å². The Bertz CT molecular complexity index is 668. The summed E-state index contributed by atoms with van der Waals surface area (Å²) >= 11 is 1.54. The fourth-order valence-electron chi connectivity index (χ4n) is 2.04. The molecule has 0 aliphatic heterocycles. The maximum absolute atomic E-state index is 12.3. The largest absolute Gasteiger partial charge is 0.496 e. The summed E-state index contributed by atoms with van der Waals surface area (Å²) in [6, 6.07) is 5.15. The molecule has 0 bridgehead atoms. The van der Waals surface area contributed by atoms with E-state index >= 15 is 0 Å². The number of benzene rings is 1. The van der Waals surface area contributed by atoms with E-state index in [1.54, 1.807) is 30.6 Å². The van der Waals surface area contributed by atoms with Crippen LogP contribution in [0.3, 0.4) is 0 Å². The standard InChI is InChI=1S/C14H17NO3S2/c1-10-6-13(7-11(2)14(10)18-3)20(16,17)15-8-12-4-5-19-9-12/h4-7,9,15H,8H2,1-3H3. The van der Waals surface area contributed by atoms with Gasteiger partial charge in [-0.3, -0.25) is 0 Å². The zero-order valence-corrected chi connectivity index (χ0v) is 13.3. The Labute approximate surface area is 123 Å². The Kier molecular flexibility index (Phi) is 4.47. The van der Waals surface area contributed by atoms with Gasteiger partial charge in [-0.25, -0.2) is 13.1 Å². The predicted octanol–water partition coefficient (Wildman–Crippen LogP) is 2.85. The van der Waals surface area contributed by atoms with Crippen molar-refractivity contribution in [1.82, 2.24) is 4.72 Å². The van der Waals surface area contributed by atoms with Crippen molar-refractivity contribution in [3.63, 3.8) is 0 Å². The second-order valence-corrected chi connectivity index (χ2v) is 7.09. The number of hydrogen-bond donors (Lipinski definition) is 1. The molecule has 6 heteroatoms. The van der Waals surface area contributed by atoms with Crippen molar-refractivity contribution in [2.75, 3.05) is 7.11 Å². The molecule has 0 fully saturated rings. The number of aryl methyl sites for hydroxylation is 2. The monoisotopic (exact) mass is 311 g/mol. The van der Waals surface area contributed by atoms with Crippen LogP contribution in [0.15, 0.2) is 33.9 Å². The third-order valence-corrected chi connectivity index (χ3v) is 5.11. The molecule has 108 valence electrons. The number of rotatable bonds is 5. The first kappa shape index (κ1) is 15.0. The molecule has 1 heterocycles. The molecule has 0 atom stereocenters. The van der Waals surface area contributed by atoms with E-state index in [4.69, 9.17) is 4.74 Å². The van der Waals surface area contributed by atoms with E-state index in [-0.39, 0.29) is 4.90 Å². The molecule has 2 aromatic rings. The second kappa shape index (κ2) is 5.95. The Morgan fingerprint density at radius 3 is 2.40 bits per heavy atom. The van der Waals surface area contributed by atoms with Crippen LogP contribution in [-0.4, -0.2) is 15.5 Å². The van der Waals surface area contributed by atoms with Gasteiger partial charge in [-0.15, -0.1) is 0 Å². The van der Waals surface area contributed by atoms with Crippen LogP contribution in [-0.2, 0) is 16.6 Å². The molecule has 1 N–H and O–H groups in total. The fraction of sp³-hybridized carbons (Fsp3) is 0.286. The quantitative estimate of drug-likeness (QED) is 0.924. The van der Waals surface area contributed by atoms with E-state index in [0.717, 1.165) is 22.4 Å². The highest BCUT2D eigenvalue weighted by Gasteiger charge is 2.17. The molecule has 0 spiro atoms. The van der Waals surface area contributed by atoms with Gasteiger partial charge in [0.15, 0.2) is 0 Å². The van der Waals surface area contributed by atoms with Gasteiger partial charge in [0, 0.05) is 6.54 Å². The second-order valence-electron chi connectivity index (χ2n) is 4.55. The molecule has 0 saturated heterocycles. The van der Waals surface area contributed by atoms with Gasteiger partial charge in [-0.1, -0.05) is 0 Å². The molecule has 0 amide bonds. The average Bonchev–Trinajstić information content (AvgIpc) is 2.89. The number of nitrogens with one attached hydrogen (secondary N) is 1. The molecule has 0 aliphatic rings. The molecule has 4 nitrogen and oxygen atoms in total. The highest BCUT2D eigenvalue weighted by Crippen LogP contribution is 2.26. The summed E-state index contributed by atoms with van der Waals surface area (Å²) in [4.78, 5) is 0.267. The summed E-state index contributed by atoms with van der Waals surface area (Å²) in [5.74, 6) is 0.724. The molecule has 20 heavy (non-hydrogen) atoms. The molecule has 0 unspecified atom stereocenters. The van der Waals surface area contributed by atoms with E-state index in [2.05, 4.69) is 4.72 Å². The first-order valence-corrected chi connectivity index (χ1v) is 8.52. The van der Waals surface area contributed by atoms with Gasteiger partial charge in [0.25, 0.3) is 0 Å². The lowest BCUT2D eigenvalue weighted by Gasteiger charge is -2.12. The van der Waals surface area contributed by atoms with Gasteiger partial charge in [-0.05, 0) is 59.5 Å². The summed E-state index contributed by atoms with van der Waals surface area (Å²) in [7, 11) is -1.93. The van der Waals surface area contributed by atoms with Crippen molar-refractivity contribution < 1.29 is 13.2 Å². The lowest BCUT2D eigenvalue weighted by molar-refractivity contribution is 0.408. The summed E-state index contributed by atoms with van der Waals surface area (Å²) in [5, 5.41) is 3.85. The van der Waals surface area contributed by atoms with Crippen LogP contribution < -0.4 is 9.46 Å². The maximum atomic E-state index is 12.3. The molecular formula is C14H17NO3S2. The number of methoxy groups -OCH3 is 1. The van der Waals surface area contributed by atoms with E-state index in [1.807, 2.05) is 30.7 Å². The fourth-order valence-corrected chi connectivity index (χ4v) is 3.90. The van der Waals surface area contributed by atoms with Gasteiger partial charge in [-0.2, -0.15) is 11.3 Å². The Morgan fingerprint density at radius 2 is 1.90 bits per heavy atom. The van der Waals surface area contributed by atoms with Gasteiger partial charge in [0.1, 0.15) is 5.75 Å². The van der Waals surface area contributed by atoms with Crippen LogP contribution in [0.1, 0.15) is 16.7 Å². The Morgan fingerprint density at radius 1 is 1.25 bits per heavy atom. The van der Waals surface area contributed by atoms with Crippen molar-refractivity contribution in [1.29, 1.82) is 0 Å². The maximum Gasteiger partial charge on any atom is 0.240 e. The highest BCUT2D eigenvalue weighted by atomic mass is 32.2. The topological polar surface area (TPSA) is 55.4 Å². The summed E-state index contributed by atoms with van der Waals surface area (Å²) < 4.78 is 32.4. The molecular weight excluding hydrogens is 294 g/mol. The summed E-state index contributed by atoms with van der Waals surface area (Å²) in [5.41, 5.74) is 2.58. The van der Waals surface area contributed by atoms with Crippen LogP contribution in [0.4, 0.5) is 0 Å². The van der Waals surface area contributed by atoms with Crippen molar-refractivity contribution in [2.45, 2.75) is 25.3 Å². The molecule has 0 saturated carbocycles. The number of sulfonamides is 1. The highest BCUT2D eigenvalue weighted by molar-refractivity contribution is 7.89. The van der Waals surface area contributed by atoms with Crippen LogP contribution >= 0.6 is 11.3 Å². The van der Waals surface area contributed by atoms with Crippen LogP contribution in [0.2, 0.25) is 0 Å². The lowest BCUT2D eigenvalue weighted by Crippen LogP contribution is -2.23. The zero-order valence-electron chi connectivity index (χ0n) is 11.6. The van der Waals surface area contributed by atoms with Gasteiger partial charge >= 0.3 is 0 Å². The van der Waals surface area contributed by atoms with Crippen LogP contribution in [0.5, 0.6) is 5.75 Å². The van der Waals surface area contributed by atoms with Crippen LogP contribution in [0.25, 0.3) is 0 Å². The third kappa shape index (κ3) is 3.20. The van der Waals surface area contributed by atoms with Crippen LogP contribution in [0, 0.1) is 13.8 Å². The Hall–Kier alpha value is -1.37. The molecule has 0 aliphatic carbocycles. The normalized spacial score (nSPS) is 11.6.